The summed E-state index contributed by atoms with van der Waals surface area (Å²) in [6.07, 6.45) is 12.0. The fraction of sp³-hybridized carbons (Fsp3) is 0.400. The summed E-state index contributed by atoms with van der Waals surface area (Å²) in [4.78, 5) is 40.3. The average molecular weight is 643 g/mol. The SMILES string of the molecule is C=CC1CN2CCC1CC2C(c1ccnc2cccc(C(=O)O)c12)C(c1ccnc2cccc(C(=O)O)c12)C1CC2CCN1CC2C=C. The second kappa shape index (κ2) is 12.2. The molecule has 2 aromatic carbocycles. The van der Waals surface area contributed by atoms with Gasteiger partial charge in [-0.15, -0.1) is 13.2 Å². The van der Waals surface area contributed by atoms with E-state index in [1.165, 1.54) is 0 Å². The van der Waals surface area contributed by atoms with E-state index in [0.717, 1.165) is 63.0 Å². The van der Waals surface area contributed by atoms with Crippen LogP contribution in [0.4, 0.5) is 0 Å². The molecular formula is C40H42N4O4. The maximum absolute atomic E-state index is 12.8. The van der Waals surface area contributed by atoms with Crippen LogP contribution in [0.1, 0.15) is 69.4 Å². The number of fused-ring (bicyclic) bond motifs is 8. The largest absolute Gasteiger partial charge is 0.478 e. The highest BCUT2D eigenvalue weighted by molar-refractivity contribution is 6.05. The predicted molar refractivity (Wildman–Crippen MR) is 186 cm³/mol. The minimum absolute atomic E-state index is 0.120. The number of pyridine rings is 2. The van der Waals surface area contributed by atoms with Crippen LogP contribution in [0, 0.1) is 23.7 Å². The molecule has 8 heterocycles. The van der Waals surface area contributed by atoms with Gasteiger partial charge < -0.3 is 10.2 Å². The molecule has 2 aromatic heterocycles. The van der Waals surface area contributed by atoms with E-state index >= 15 is 0 Å². The van der Waals surface area contributed by atoms with Crippen molar-refractivity contribution in [2.45, 2.75) is 49.6 Å². The fourth-order valence-corrected chi connectivity index (χ4v) is 10.2. The van der Waals surface area contributed by atoms with Crippen LogP contribution in [0.15, 0.2) is 86.2 Å². The average Bonchev–Trinajstić information content (AvgIpc) is 3.13. The maximum atomic E-state index is 12.8. The van der Waals surface area contributed by atoms with Crippen LogP contribution in [0.3, 0.4) is 0 Å². The Morgan fingerprint density at radius 2 is 1.15 bits per heavy atom. The number of piperidine rings is 6. The molecule has 4 aromatic rings. The first kappa shape index (κ1) is 30.9. The van der Waals surface area contributed by atoms with Gasteiger partial charge in [-0.25, -0.2) is 9.59 Å². The van der Waals surface area contributed by atoms with E-state index in [1.54, 1.807) is 24.3 Å². The van der Waals surface area contributed by atoms with Crippen molar-refractivity contribution >= 4 is 33.7 Å². The molecule has 4 bridgehead atoms. The summed E-state index contributed by atoms with van der Waals surface area (Å²) in [6, 6.07) is 15.1. The highest BCUT2D eigenvalue weighted by Gasteiger charge is 2.51. The molecule has 2 N–H and O–H groups in total. The quantitative estimate of drug-likeness (QED) is 0.191. The number of hydrogen-bond donors (Lipinski definition) is 2. The molecule has 8 heteroatoms. The Morgan fingerprint density at radius 1 is 0.708 bits per heavy atom. The van der Waals surface area contributed by atoms with Crippen molar-refractivity contribution in [3.05, 3.63) is 108 Å². The summed E-state index contributed by atoms with van der Waals surface area (Å²) in [5.41, 5.74) is 3.80. The minimum atomic E-state index is -0.973. The second-order valence-electron chi connectivity index (χ2n) is 14.4. The van der Waals surface area contributed by atoms with Gasteiger partial charge in [0.25, 0.3) is 0 Å². The Labute approximate surface area is 280 Å². The molecule has 6 fully saturated rings. The number of hydrogen-bond acceptors (Lipinski definition) is 6. The van der Waals surface area contributed by atoms with Crippen molar-refractivity contribution < 1.29 is 19.8 Å². The number of carboxylic acids is 2. The Bertz CT molecular complexity index is 1790. The molecule has 0 radical (unpaired) electrons. The minimum Gasteiger partial charge on any atom is -0.478 e. The van der Waals surface area contributed by atoms with Gasteiger partial charge in [-0.05, 0) is 110 Å². The lowest BCUT2D eigenvalue weighted by molar-refractivity contribution is -0.0280. The zero-order chi connectivity index (χ0) is 33.1. The van der Waals surface area contributed by atoms with Gasteiger partial charge in [0.2, 0.25) is 0 Å². The van der Waals surface area contributed by atoms with Gasteiger partial charge in [0.15, 0.2) is 0 Å². The van der Waals surface area contributed by atoms with Gasteiger partial charge in [0.1, 0.15) is 0 Å². The van der Waals surface area contributed by atoms with Crippen molar-refractivity contribution in [2.24, 2.45) is 23.7 Å². The lowest BCUT2D eigenvalue weighted by Crippen LogP contribution is -2.59. The third-order valence-electron chi connectivity index (χ3n) is 12.3. The van der Waals surface area contributed by atoms with Gasteiger partial charge in [-0.3, -0.25) is 19.8 Å². The lowest BCUT2D eigenvalue weighted by atomic mass is 9.62. The number of nitrogens with zero attached hydrogens (tertiary/aromatic N) is 4. The molecule has 10 unspecified atom stereocenters. The summed E-state index contributed by atoms with van der Waals surface area (Å²) in [5, 5.41) is 22.4. The first-order valence-electron chi connectivity index (χ1n) is 17.3. The molecular weight excluding hydrogens is 600 g/mol. The standard InChI is InChI=1S/C40H42N4O4/c1-3-23-21-43-17-13-25(23)19-33(43)37(27-11-15-41-31-9-5-7-29(35(27)31)39(45)46)38(34-20-26-14-18-44(34)22-24(26)4-2)28-12-16-42-32-10-6-8-30(36(28)32)40(47)48/h3-12,15-16,23-26,33-34,37-38H,1-2,13-14,17-22H2,(H,45,46)(H,47,48). The zero-order valence-electron chi connectivity index (χ0n) is 27.1. The van der Waals surface area contributed by atoms with Crippen LogP contribution >= 0.6 is 0 Å². The Morgan fingerprint density at radius 3 is 1.50 bits per heavy atom. The number of carboxylic acid groups (broad SMARTS) is 2. The number of carbonyl (C=O) groups is 2. The van der Waals surface area contributed by atoms with E-state index in [4.69, 9.17) is 0 Å². The van der Waals surface area contributed by atoms with Crippen LogP contribution in [-0.2, 0) is 0 Å². The number of aromatic nitrogens is 2. The molecule has 0 spiro atoms. The van der Waals surface area contributed by atoms with Gasteiger partial charge in [-0.2, -0.15) is 0 Å². The molecule has 10 rings (SSSR count). The van der Waals surface area contributed by atoms with E-state index in [0.29, 0.717) is 45.5 Å². The number of aromatic carboxylic acids is 2. The molecule has 6 saturated heterocycles. The number of benzene rings is 2. The fourth-order valence-electron chi connectivity index (χ4n) is 10.2. The van der Waals surface area contributed by atoms with E-state index in [9.17, 15) is 19.8 Å². The monoisotopic (exact) mass is 642 g/mol. The normalized spacial score (nSPS) is 30.6. The summed E-state index contributed by atoms with van der Waals surface area (Å²) in [7, 11) is 0. The van der Waals surface area contributed by atoms with E-state index in [2.05, 4.69) is 45.1 Å². The molecule has 0 aliphatic carbocycles. The highest BCUT2D eigenvalue weighted by Crippen LogP contribution is 2.54. The van der Waals surface area contributed by atoms with Crippen LogP contribution in [-0.4, -0.2) is 80.2 Å². The summed E-state index contributed by atoms with van der Waals surface area (Å²) < 4.78 is 0. The van der Waals surface area contributed by atoms with Crippen LogP contribution in [0.25, 0.3) is 21.8 Å². The highest BCUT2D eigenvalue weighted by atomic mass is 16.4. The maximum Gasteiger partial charge on any atom is 0.336 e. The Balaban J connectivity index is 1.43. The van der Waals surface area contributed by atoms with E-state index in [-0.39, 0.29) is 35.0 Å². The first-order chi connectivity index (χ1) is 23.4. The Hall–Kier alpha value is -4.40. The summed E-state index contributed by atoms with van der Waals surface area (Å²) in [5.74, 6) is -0.401. The molecule has 48 heavy (non-hydrogen) atoms. The topological polar surface area (TPSA) is 107 Å². The first-order valence-corrected chi connectivity index (χ1v) is 17.3. The molecule has 6 aliphatic rings. The third-order valence-corrected chi connectivity index (χ3v) is 12.3. The predicted octanol–water partition coefficient (Wildman–Crippen LogP) is 6.84. The molecule has 10 atom stereocenters. The third kappa shape index (κ3) is 4.96. The van der Waals surface area contributed by atoms with Crippen molar-refractivity contribution in [2.75, 3.05) is 26.2 Å². The van der Waals surface area contributed by atoms with Crippen molar-refractivity contribution in [3.8, 4) is 0 Å². The van der Waals surface area contributed by atoms with Crippen molar-refractivity contribution in [1.29, 1.82) is 0 Å². The molecule has 0 amide bonds. The lowest BCUT2D eigenvalue weighted by Gasteiger charge is -2.57. The van der Waals surface area contributed by atoms with Crippen molar-refractivity contribution in [3.63, 3.8) is 0 Å². The van der Waals surface area contributed by atoms with Crippen LogP contribution in [0.2, 0.25) is 0 Å². The van der Waals surface area contributed by atoms with Crippen LogP contribution < -0.4 is 0 Å². The second-order valence-corrected chi connectivity index (χ2v) is 14.4. The zero-order valence-corrected chi connectivity index (χ0v) is 27.1. The Kier molecular flexibility index (Phi) is 7.88. The smallest absolute Gasteiger partial charge is 0.336 e. The van der Waals surface area contributed by atoms with Crippen LogP contribution in [0.5, 0.6) is 0 Å². The van der Waals surface area contributed by atoms with E-state index in [1.807, 2.05) is 36.7 Å². The van der Waals surface area contributed by atoms with Gasteiger partial charge in [0, 0.05) is 60.2 Å². The summed E-state index contributed by atoms with van der Waals surface area (Å²) in [6.45, 7) is 12.2. The molecule has 0 saturated carbocycles. The molecule has 6 aliphatic heterocycles. The van der Waals surface area contributed by atoms with Gasteiger partial charge in [0.05, 0.1) is 22.2 Å². The van der Waals surface area contributed by atoms with Gasteiger partial charge in [-0.1, -0.05) is 24.3 Å². The van der Waals surface area contributed by atoms with Gasteiger partial charge >= 0.3 is 11.9 Å². The molecule has 246 valence electrons. The number of rotatable bonds is 9. The van der Waals surface area contributed by atoms with Crippen molar-refractivity contribution in [1.82, 2.24) is 19.8 Å². The molecule has 8 nitrogen and oxygen atoms in total. The summed E-state index contributed by atoms with van der Waals surface area (Å²) >= 11 is 0. The van der Waals surface area contributed by atoms with E-state index < -0.39 is 11.9 Å².